The van der Waals surface area contributed by atoms with Gasteiger partial charge in [-0.05, 0) is 12.8 Å². The fourth-order valence-electron chi connectivity index (χ4n) is 0.669. The minimum atomic E-state index is -3.67. The zero-order chi connectivity index (χ0) is 6.20. The van der Waals surface area contributed by atoms with Crippen molar-refractivity contribution in [3.8, 4) is 0 Å². The normalized spacial score (nSPS) is 22.6. The lowest BCUT2D eigenvalue weighted by molar-refractivity contribution is 0.413. The van der Waals surface area contributed by atoms with Crippen LogP contribution in [-0.4, -0.2) is 18.2 Å². The van der Waals surface area contributed by atoms with Crippen molar-refractivity contribution >= 4 is 10.1 Å². The lowest BCUT2D eigenvalue weighted by Gasteiger charge is -2.21. The van der Waals surface area contributed by atoms with E-state index >= 15 is 0 Å². The van der Waals surface area contributed by atoms with Gasteiger partial charge in [0, 0.05) is 0 Å². The van der Waals surface area contributed by atoms with Gasteiger partial charge in [0.1, 0.15) is 0 Å². The van der Waals surface area contributed by atoms with E-state index in [0.29, 0.717) is 12.8 Å². The Labute approximate surface area is 48.5 Å². The van der Waals surface area contributed by atoms with Gasteiger partial charge in [0.2, 0.25) is 0 Å². The third-order valence-corrected chi connectivity index (χ3v) is 2.79. The van der Waals surface area contributed by atoms with Crippen LogP contribution in [0.1, 0.15) is 19.3 Å². The second-order valence-electron chi connectivity index (χ2n) is 2.07. The average molecular weight is 136 g/mol. The molecule has 0 atom stereocenters. The Morgan fingerprint density at radius 2 is 1.88 bits per heavy atom. The Morgan fingerprint density at radius 1 is 1.38 bits per heavy atom. The molecule has 1 aliphatic carbocycles. The zero-order valence-corrected chi connectivity index (χ0v) is 5.19. The van der Waals surface area contributed by atoms with Crippen LogP contribution in [0.3, 0.4) is 0 Å². The van der Waals surface area contributed by atoms with Crippen LogP contribution in [-0.2, 0) is 10.1 Å². The van der Waals surface area contributed by atoms with Gasteiger partial charge in [-0.3, -0.25) is 4.55 Å². The van der Waals surface area contributed by atoms with E-state index in [1.807, 2.05) is 0 Å². The minimum Gasteiger partial charge on any atom is -0.285 e. The van der Waals surface area contributed by atoms with E-state index in [9.17, 15) is 8.42 Å². The molecule has 0 aliphatic heterocycles. The SMILES string of the molecule is O=S(=O)(O)C1CCC1. The summed E-state index contributed by atoms with van der Waals surface area (Å²) in [7, 11) is -3.67. The molecule has 0 radical (unpaired) electrons. The van der Waals surface area contributed by atoms with Gasteiger partial charge < -0.3 is 0 Å². The summed E-state index contributed by atoms with van der Waals surface area (Å²) in [6.45, 7) is 0. The number of hydrogen-bond donors (Lipinski definition) is 1. The highest BCUT2D eigenvalue weighted by Gasteiger charge is 2.28. The highest BCUT2D eigenvalue weighted by molar-refractivity contribution is 7.86. The molecule has 0 heterocycles. The third-order valence-electron chi connectivity index (χ3n) is 1.47. The molecule has 0 bridgehead atoms. The number of rotatable bonds is 1. The largest absolute Gasteiger partial charge is 0.285 e. The highest BCUT2D eigenvalue weighted by Crippen LogP contribution is 2.24. The molecular weight excluding hydrogens is 128 g/mol. The maximum atomic E-state index is 10.2. The first-order chi connectivity index (χ1) is 3.61. The average Bonchev–Trinajstić information content (AvgIpc) is 1.16. The van der Waals surface area contributed by atoms with E-state index in [-0.39, 0.29) is 0 Å². The summed E-state index contributed by atoms with van der Waals surface area (Å²) in [5.41, 5.74) is 0. The summed E-state index contributed by atoms with van der Waals surface area (Å²) in [4.78, 5) is 0. The van der Waals surface area contributed by atoms with E-state index in [1.54, 1.807) is 0 Å². The smallest absolute Gasteiger partial charge is 0.267 e. The Hall–Kier alpha value is -0.0900. The van der Waals surface area contributed by atoms with Gasteiger partial charge in [-0.15, -0.1) is 0 Å². The van der Waals surface area contributed by atoms with Crippen LogP contribution in [0.2, 0.25) is 0 Å². The van der Waals surface area contributed by atoms with Crippen LogP contribution < -0.4 is 0 Å². The molecule has 0 amide bonds. The van der Waals surface area contributed by atoms with Crippen LogP contribution in [0.5, 0.6) is 0 Å². The molecule has 1 rings (SSSR count). The van der Waals surface area contributed by atoms with Gasteiger partial charge in [-0.2, -0.15) is 8.42 Å². The van der Waals surface area contributed by atoms with Crippen molar-refractivity contribution < 1.29 is 13.0 Å². The summed E-state index contributed by atoms with van der Waals surface area (Å²) in [6.07, 6.45) is 2.21. The lowest BCUT2D eigenvalue weighted by atomic mass is 10.0. The van der Waals surface area contributed by atoms with Crippen LogP contribution in [0.15, 0.2) is 0 Å². The van der Waals surface area contributed by atoms with Crippen LogP contribution in [0.4, 0.5) is 0 Å². The highest BCUT2D eigenvalue weighted by atomic mass is 32.2. The van der Waals surface area contributed by atoms with Gasteiger partial charge >= 0.3 is 0 Å². The predicted molar refractivity (Wildman–Crippen MR) is 29.2 cm³/mol. The topological polar surface area (TPSA) is 54.4 Å². The summed E-state index contributed by atoms with van der Waals surface area (Å²) in [5.74, 6) is 0. The summed E-state index contributed by atoms with van der Waals surface area (Å²) in [5, 5.41) is -0.442. The standard InChI is InChI=1S/C4H8O3S/c5-8(6,7)4-2-1-3-4/h4H,1-3H2,(H,5,6,7). The zero-order valence-electron chi connectivity index (χ0n) is 4.37. The molecule has 4 heteroatoms. The molecule has 1 fully saturated rings. The molecule has 1 aliphatic rings. The molecule has 3 nitrogen and oxygen atoms in total. The Morgan fingerprint density at radius 3 is 1.88 bits per heavy atom. The van der Waals surface area contributed by atoms with Gasteiger partial charge in [-0.1, -0.05) is 6.42 Å². The van der Waals surface area contributed by atoms with Gasteiger partial charge in [0.25, 0.3) is 10.1 Å². The van der Waals surface area contributed by atoms with Crippen molar-refractivity contribution in [3.63, 3.8) is 0 Å². The van der Waals surface area contributed by atoms with Crippen LogP contribution >= 0.6 is 0 Å². The van der Waals surface area contributed by atoms with Gasteiger partial charge in [-0.25, -0.2) is 0 Å². The molecule has 0 aromatic carbocycles. The lowest BCUT2D eigenvalue weighted by Crippen LogP contribution is -2.27. The van der Waals surface area contributed by atoms with E-state index in [1.165, 1.54) is 0 Å². The first-order valence-corrected chi connectivity index (χ1v) is 4.07. The maximum absolute atomic E-state index is 10.2. The summed E-state index contributed by atoms with van der Waals surface area (Å²) in [6, 6.07) is 0. The molecule has 0 spiro atoms. The molecule has 0 unspecified atom stereocenters. The molecule has 1 saturated carbocycles. The first-order valence-electron chi connectivity index (χ1n) is 2.57. The maximum Gasteiger partial charge on any atom is 0.267 e. The van der Waals surface area contributed by atoms with E-state index < -0.39 is 15.4 Å². The Balaban J connectivity index is 2.60. The molecule has 8 heavy (non-hydrogen) atoms. The summed E-state index contributed by atoms with van der Waals surface area (Å²) >= 11 is 0. The second-order valence-corrected chi connectivity index (χ2v) is 3.76. The molecule has 0 aromatic rings. The predicted octanol–water partition coefficient (Wildman–Crippen LogP) is 0.427. The fourth-order valence-corrected chi connectivity index (χ4v) is 1.60. The van der Waals surface area contributed by atoms with E-state index in [0.717, 1.165) is 6.42 Å². The summed E-state index contributed by atoms with van der Waals surface area (Å²) < 4.78 is 28.6. The van der Waals surface area contributed by atoms with E-state index in [2.05, 4.69) is 0 Å². The van der Waals surface area contributed by atoms with Crippen LogP contribution in [0.25, 0.3) is 0 Å². The fraction of sp³-hybridized carbons (Fsp3) is 1.00. The number of hydrogen-bond acceptors (Lipinski definition) is 2. The van der Waals surface area contributed by atoms with Crippen molar-refractivity contribution in [3.05, 3.63) is 0 Å². The molecule has 0 aromatic heterocycles. The van der Waals surface area contributed by atoms with Gasteiger partial charge in [0.15, 0.2) is 0 Å². The van der Waals surface area contributed by atoms with Crippen molar-refractivity contribution in [2.75, 3.05) is 0 Å². The third kappa shape index (κ3) is 1.00. The van der Waals surface area contributed by atoms with E-state index in [4.69, 9.17) is 4.55 Å². The molecule has 48 valence electrons. The monoisotopic (exact) mass is 136 g/mol. The van der Waals surface area contributed by atoms with Crippen molar-refractivity contribution in [1.29, 1.82) is 0 Å². The van der Waals surface area contributed by atoms with Gasteiger partial charge in [0.05, 0.1) is 5.25 Å². The Bertz CT molecular complexity index is 166. The quantitative estimate of drug-likeness (QED) is 0.532. The second kappa shape index (κ2) is 1.70. The molecule has 0 saturated heterocycles. The molecule has 1 N–H and O–H groups in total. The van der Waals surface area contributed by atoms with Crippen molar-refractivity contribution in [1.82, 2.24) is 0 Å². The molecular formula is C4H8O3S. The minimum absolute atomic E-state index is 0.442. The van der Waals surface area contributed by atoms with Crippen molar-refractivity contribution in [2.24, 2.45) is 0 Å². The van der Waals surface area contributed by atoms with Crippen molar-refractivity contribution in [2.45, 2.75) is 24.5 Å². The van der Waals surface area contributed by atoms with Crippen LogP contribution in [0, 0.1) is 0 Å². The Kier molecular flexibility index (Phi) is 1.28. The first kappa shape index (κ1) is 6.04.